The molecule has 0 bridgehead atoms. The van der Waals surface area contributed by atoms with Crippen LogP contribution in [0.3, 0.4) is 0 Å². The van der Waals surface area contributed by atoms with Crippen LogP contribution in [-0.4, -0.2) is 36.9 Å². The van der Waals surface area contributed by atoms with E-state index in [1.807, 2.05) is 19.1 Å². The number of rotatable bonds is 2. The minimum Gasteiger partial charge on any atom is -0.491 e. The summed E-state index contributed by atoms with van der Waals surface area (Å²) in [7, 11) is 0. The zero-order valence-electron chi connectivity index (χ0n) is 11.4. The van der Waals surface area contributed by atoms with Crippen molar-refractivity contribution in [3.63, 3.8) is 0 Å². The van der Waals surface area contributed by atoms with Gasteiger partial charge in [-0.1, -0.05) is 15.9 Å². The fourth-order valence-corrected chi connectivity index (χ4v) is 4.39. The Bertz CT molecular complexity index is 555. The number of benzene rings is 1. The van der Waals surface area contributed by atoms with Gasteiger partial charge in [0.2, 0.25) is 0 Å². The van der Waals surface area contributed by atoms with Crippen LogP contribution in [0.5, 0.6) is 5.75 Å². The maximum Gasteiger partial charge on any atom is 0.177 e. The van der Waals surface area contributed by atoms with Gasteiger partial charge in [0.05, 0.1) is 15.5 Å². The number of fused-ring (bicyclic) bond motifs is 1. The number of hydrogen-bond donors (Lipinski definition) is 0. The van der Waals surface area contributed by atoms with Crippen LogP contribution in [0, 0.1) is 5.41 Å². The first kappa shape index (κ1) is 14.5. The molecule has 3 rings (SSSR count). The third-order valence-corrected chi connectivity index (χ3v) is 5.15. The van der Waals surface area contributed by atoms with Crippen molar-refractivity contribution in [2.45, 2.75) is 19.8 Å². The summed E-state index contributed by atoms with van der Waals surface area (Å²) in [5, 5.41) is 0. The molecule has 0 N–H and O–H groups in total. The monoisotopic (exact) mass is 401 g/mol. The minimum absolute atomic E-state index is 0.188. The minimum atomic E-state index is -0.447. The third kappa shape index (κ3) is 2.55. The summed E-state index contributed by atoms with van der Waals surface area (Å²) in [4.78, 5) is 15.3. The van der Waals surface area contributed by atoms with E-state index in [1.54, 1.807) is 0 Å². The molecule has 1 saturated heterocycles. The Morgan fingerprint density at radius 1 is 1.30 bits per heavy atom. The number of likely N-dealkylation sites (tertiary alicyclic amines) is 1. The van der Waals surface area contributed by atoms with E-state index in [-0.39, 0.29) is 5.78 Å². The highest BCUT2D eigenvalue weighted by Gasteiger charge is 2.42. The van der Waals surface area contributed by atoms with Crippen LogP contribution in [0.1, 0.15) is 30.1 Å². The van der Waals surface area contributed by atoms with Gasteiger partial charge in [0.1, 0.15) is 12.4 Å². The first-order valence-electron chi connectivity index (χ1n) is 6.89. The van der Waals surface area contributed by atoms with Crippen molar-refractivity contribution >= 4 is 37.6 Å². The summed E-state index contributed by atoms with van der Waals surface area (Å²) in [5.74, 6) is 0.866. The molecule has 0 aromatic heterocycles. The van der Waals surface area contributed by atoms with Crippen molar-refractivity contribution in [3.8, 4) is 5.75 Å². The maximum atomic E-state index is 12.9. The summed E-state index contributed by atoms with van der Waals surface area (Å²) in [5.41, 5.74) is 0.233. The van der Waals surface area contributed by atoms with E-state index in [0.29, 0.717) is 17.9 Å². The number of ketones is 1. The Morgan fingerprint density at radius 3 is 2.70 bits per heavy atom. The third-order valence-electron chi connectivity index (χ3n) is 4.11. The number of ether oxygens (including phenoxy) is 1. The van der Waals surface area contributed by atoms with Crippen LogP contribution in [0.15, 0.2) is 21.1 Å². The molecule has 0 spiro atoms. The van der Waals surface area contributed by atoms with Crippen LogP contribution in [0.25, 0.3) is 0 Å². The van der Waals surface area contributed by atoms with Crippen LogP contribution < -0.4 is 4.74 Å². The largest absolute Gasteiger partial charge is 0.491 e. The van der Waals surface area contributed by atoms with Crippen molar-refractivity contribution in [3.05, 3.63) is 26.6 Å². The van der Waals surface area contributed by atoms with E-state index in [2.05, 4.69) is 36.8 Å². The zero-order chi connectivity index (χ0) is 14.3. The molecule has 2 aliphatic rings. The van der Waals surface area contributed by atoms with Gasteiger partial charge in [0.25, 0.3) is 0 Å². The van der Waals surface area contributed by atoms with Crippen LogP contribution >= 0.6 is 31.9 Å². The van der Waals surface area contributed by atoms with Gasteiger partial charge in [0, 0.05) is 11.0 Å². The highest BCUT2D eigenvalue weighted by molar-refractivity contribution is 9.11. The Labute approximate surface area is 135 Å². The quantitative estimate of drug-likeness (QED) is 0.751. The first-order chi connectivity index (χ1) is 9.49. The fourth-order valence-electron chi connectivity index (χ4n) is 3.05. The van der Waals surface area contributed by atoms with E-state index in [0.717, 1.165) is 28.6 Å². The molecule has 1 aromatic carbocycles. The highest BCUT2D eigenvalue weighted by Crippen LogP contribution is 2.41. The second-order valence-corrected chi connectivity index (χ2v) is 7.70. The molecule has 0 radical (unpaired) electrons. The number of halogens is 2. The number of carbonyl (C=O) groups excluding carboxylic acids is 1. The molecule has 1 aromatic rings. The van der Waals surface area contributed by atoms with Crippen molar-refractivity contribution in [2.75, 3.05) is 26.2 Å². The van der Waals surface area contributed by atoms with E-state index in [9.17, 15) is 4.79 Å². The molecule has 20 heavy (non-hydrogen) atoms. The van der Waals surface area contributed by atoms with Gasteiger partial charge >= 0.3 is 0 Å². The summed E-state index contributed by atoms with van der Waals surface area (Å²) < 4.78 is 7.62. The number of nitrogens with zero attached hydrogens (tertiary/aromatic N) is 1. The van der Waals surface area contributed by atoms with Crippen LogP contribution in [0.2, 0.25) is 0 Å². The lowest BCUT2D eigenvalue weighted by Gasteiger charge is -2.36. The van der Waals surface area contributed by atoms with Crippen molar-refractivity contribution in [1.82, 2.24) is 4.90 Å². The molecular formula is C15H17Br2NO2. The molecule has 1 atom stereocenters. The normalized spacial score (nSPS) is 26.4. The smallest absolute Gasteiger partial charge is 0.177 e. The topological polar surface area (TPSA) is 29.5 Å². The lowest BCUT2D eigenvalue weighted by molar-refractivity contribution is 0.0549. The zero-order valence-corrected chi connectivity index (χ0v) is 14.6. The highest BCUT2D eigenvalue weighted by atomic mass is 79.9. The summed E-state index contributed by atoms with van der Waals surface area (Å²) in [6, 6.07) is 3.78. The molecule has 1 fully saturated rings. The van der Waals surface area contributed by atoms with Gasteiger partial charge < -0.3 is 9.64 Å². The molecule has 5 heteroatoms. The molecule has 3 nitrogen and oxygen atoms in total. The lowest BCUT2D eigenvalue weighted by Crippen LogP contribution is -2.46. The molecule has 0 unspecified atom stereocenters. The summed E-state index contributed by atoms with van der Waals surface area (Å²) in [6.45, 7) is 5.45. The average Bonchev–Trinajstić information content (AvgIpc) is 2.87. The molecule has 2 heterocycles. The fraction of sp³-hybridized carbons (Fsp3) is 0.533. The molecule has 2 aliphatic heterocycles. The molecule has 0 aliphatic carbocycles. The number of hydrogen-bond acceptors (Lipinski definition) is 3. The number of carbonyl (C=O) groups is 1. The van der Waals surface area contributed by atoms with Crippen LogP contribution in [-0.2, 0) is 0 Å². The number of Topliss-reactive ketones (excluding diaryl/α,β-unsaturated/α-hetero) is 1. The summed E-state index contributed by atoms with van der Waals surface area (Å²) >= 11 is 6.91. The lowest BCUT2D eigenvalue weighted by atomic mass is 9.80. The Balaban J connectivity index is 1.91. The molecule has 108 valence electrons. The average molecular weight is 403 g/mol. The van der Waals surface area contributed by atoms with Crippen molar-refractivity contribution < 1.29 is 9.53 Å². The second-order valence-electron chi connectivity index (χ2n) is 5.93. The van der Waals surface area contributed by atoms with Crippen molar-refractivity contribution in [2.24, 2.45) is 5.41 Å². The van der Waals surface area contributed by atoms with E-state index < -0.39 is 5.41 Å². The predicted molar refractivity (Wildman–Crippen MR) is 85.4 cm³/mol. The van der Waals surface area contributed by atoms with Gasteiger partial charge in [-0.05, 0) is 60.9 Å². The van der Waals surface area contributed by atoms with Crippen LogP contribution in [0.4, 0.5) is 0 Å². The Morgan fingerprint density at radius 2 is 2.00 bits per heavy atom. The first-order valence-corrected chi connectivity index (χ1v) is 8.47. The summed E-state index contributed by atoms with van der Waals surface area (Å²) in [6.07, 6.45) is 2.47. The second kappa shape index (κ2) is 5.43. The maximum absolute atomic E-state index is 12.9. The molecule has 0 saturated carbocycles. The van der Waals surface area contributed by atoms with E-state index in [1.165, 1.54) is 12.8 Å². The van der Waals surface area contributed by atoms with Gasteiger partial charge in [-0.25, -0.2) is 0 Å². The predicted octanol–water partition coefficient (Wildman–Crippen LogP) is 3.89. The van der Waals surface area contributed by atoms with E-state index >= 15 is 0 Å². The SMILES string of the molecule is C[C@@]1(CN2CCCC2)COc2c(Br)cc(Br)cc2C1=O. The van der Waals surface area contributed by atoms with Gasteiger partial charge in [-0.15, -0.1) is 0 Å². The molecular weight excluding hydrogens is 386 g/mol. The Kier molecular flexibility index (Phi) is 3.95. The van der Waals surface area contributed by atoms with Gasteiger partial charge in [-0.3, -0.25) is 4.79 Å². The Hall–Kier alpha value is -0.390. The van der Waals surface area contributed by atoms with E-state index in [4.69, 9.17) is 4.74 Å². The van der Waals surface area contributed by atoms with Gasteiger partial charge in [-0.2, -0.15) is 0 Å². The van der Waals surface area contributed by atoms with Crippen molar-refractivity contribution in [1.29, 1.82) is 0 Å². The standard InChI is InChI=1S/C15H17Br2NO2/c1-15(8-18-4-2-3-5-18)9-20-13-11(14(15)19)6-10(16)7-12(13)17/h6-7H,2-5,8-9H2,1H3/t15-/m1/s1. The molecule has 0 amide bonds. The van der Waals surface area contributed by atoms with Gasteiger partial charge in [0.15, 0.2) is 5.78 Å².